The van der Waals surface area contributed by atoms with Crippen molar-refractivity contribution in [2.75, 3.05) is 6.61 Å². The Morgan fingerprint density at radius 2 is 2.00 bits per heavy atom. The van der Waals surface area contributed by atoms with E-state index in [1.165, 1.54) is 12.1 Å². The third-order valence-corrected chi connectivity index (χ3v) is 2.50. The number of benzene rings is 1. The lowest BCUT2D eigenvalue weighted by molar-refractivity contribution is -0.139. The molecule has 1 aromatic carbocycles. The van der Waals surface area contributed by atoms with Crippen LogP contribution in [0.3, 0.4) is 0 Å². The van der Waals surface area contributed by atoms with Crippen molar-refractivity contribution >= 4 is 0 Å². The molecule has 1 aliphatic rings. The van der Waals surface area contributed by atoms with Crippen molar-refractivity contribution in [3.05, 3.63) is 35.4 Å². The summed E-state index contributed by atoms with van der Waals surface area (Å²) in [4.78, 5) is 0. The van der Waals surface area contributed by atoms with E-state index in [1.54, 1.807) is 6.07 Å². The molecule has 1 saturated heterocycles. The van der Waals surface area contributed by atoms with Crippen LogP contribution in [-0.4, -0.2) is 12.6 Å². The van der Waals surface area contributed by atoms with Gasteiger partial charge in [0.25, 0.3) is 0 Å². The van der Waals surface area contributed by atoms with Crippen molar-refractivity contribution in [3.8, 4) is 0 Å². The lowest BCUT2D eigenvalue weighted by Gasteiger charge is -2.17. The van der Waals surface area contributed by atoms with E-state index in [0.29, 0.717) is 6.61 Å². The van der Waals surface area contributed by atoms with Crippen molar-refractivity contribution in [3.63, 3.8) is 0 Å². The van der Waals surface area contributed by atoms with Gasteiger partial charge in [0, 0.05) is 11.6 Å². The summed E-state index contributed by atoms with van der Waals surface area (Å²) in [6.07, 6.45) is -5.00. The van der Waals surface area contributed by atoms with Crippen LogP contribution in [0.2, 0.25) is 0 Å². The van der Waals surface area contributed by atoms with E-state index < -0.39 is 18.0 Å². The smallest absolute Gasteiger partial charge is 0.357 e. The number of nitrogens with one attached hydrogen (secondary N) is 1. The van der Waals surface area contributed by atoms with Gasteiger partial charge in [-0.25, -0.2) is 0 Å². The first-order valence-corrected chi connectivity index (χ1v) is 5.02. The van der Waals surface area contributed by atoms with Crippen molar-refractivity contribution < 1.29 is 17.9 Å². The van der Waals surface area contributed by atoms with Crippen molar-refractivity contribution in [1.82, 2.24) is 5.32 Å². The summed E-state index contributed by atoms with van der Waals surface area (Å²) >= 11 is 0. The first-order chi connectivity index (χ1) is 7.48. The fourth-order valence-corrected chi connectivity index (χ4v) is 1.76. The van der Waals surface area contributed by atoms with Gasteiger partial charge in [-0.15, -0.1) is 0 Å². The molecule has 16 heavy (non-hydrogen) atoms. The highest BCUT2D eigenvalue weighted by atomic mass is 19.4. The lowest BCUT2D eigenvalue weighted by atomic mass is 10.1. The molecule has 2 atom stereocenters. The first kappa shape index (κ1) is 11.4. The molecule has 5 heteroatoms. The Bertz CT molecular complexity index is 378. The van der Waals surface area contributed by atoms with Gasteiger partial charge in [-0.3, -0.25) is 5.32 Å². The number of hydrogen-bond acceptors (Lipinski definition) is 2. The monoisotopic (exact) mass is 231 g/mol. The number of hydrogen-bond donors (Lipinski definition) is 1. The van der Waals surface area contributed by atoms with E-state index in [9.17, 15) is 13.2 Å². The maximum absolute atomic E-state index is 12.7. The molecule has 1 N–H and O–H groups in total. The van der Waals surface area contributed by atoms with Gasteiger partial charge < -0.3 is 4.74 Å². The maximum atomic E-state index is 12.7. The van der Waals surface area contributed by atoms with Crippen LogP contribution in [0.15, 0.2) is 24.3 Å². The Kier molecular flexibility index (Phi) is 2.90. The summed E-state index contributed by atoms with van der Waals surface area (Å²) in [5, 5.41) is 2.96. The highest BCUT2D eigenvalue weighted by molar-refractivity contribution is 5.31. The van der Waals surface area contributed by atoms with Gasteiger partial charge in [0.15, 0.2) is 0 Å². The lowest BCUT2D eigenvalue weighted by Crippen LogP contribution is -2.24. The summed E-state index contributed by atoms with van der Waals surface area (Å²) in [6.45, 7) is 2.30. The third kappa shape index (κ3) is 2.20. The van der Waals surface area contributed by atoms with Crippen LogP contribution in [0.25, 0.3) is 0 Å². The Morgan fingerprint density at radius 3 is 2.56 bits per heavy atom. The molecule has 0 spiro atoms. The minimum absolute atomic E-state index is 0.0753. The van der Waals surface area contributed by atoms with Gasteiger partial charge in [-0.2, -0.15) is 13.2 Å². The second-order valence-corrected chi connectivity index (χ2v) is 3.87. The highest BCUT2D eigenvalue weighted by Gasteiger charge is 2.36. The normalized spacial score (nSPS) is 26.0. The van der Waals surface area contributed by atoms with Crippen LogP contribution < -0.4 is 5.32 Å². The molecule has 1 aromatic rings. The highest BCUT2D eigenvalue weighted by Crippen LogP contribution is 2.35. The molecule has 2 rings (SSSR count). The zero-order valence-electron chi connectivity index (χ0n) is 8.71. The molecule has 1 heterocycles. The third-order valence-electron chi connectivity index (χ3n) is 2.50. The topological polar surface area (TPSA) is 21.3 Å². The van der Waals surface area contributed by atoms with E-state index in [-0.39, 0.29) is 11.6 Å². The zero-order chi connectivity index (χ0) is 11.8. The Labute approximate surface area is 91.4 Å². The van der Waals surface area contributed by atoms with E-state index in [4.69, 9.17) is 4.74 Å². The predicted octanol–water partition coefficient (Wildman–Crippen LogP) is 2.71. The Balaban J connectivity index is 2.34. The molecule has 0 bridgehead atoms. The van der Waals surface area contributed by atoms with Crippen molar-refractivity contribution in [2.45, 2.75) is 25.4 Å². The van der Waals surface area contributed by atoms with E-state index in [1.807, 2.05) is 6.92 Å². The average Bonchev–Trinajstić information content (AvgIpc) is 2.64. The second kappa shape index (κ2) is 4.07. The fraction of sp³-hybridized carbons (Fsp3) is 0.455. The van der Waals surface area contributed by atoms with Crippen molar-refractivity contribution in [2.24, 2.45) is 0 Å². The van der Waals surface area contributed by atoms with Crippen molar-refractivity contribution in [1.29, 1.82) is 0 Å². The van der Waals surface area contributed by atoms with Gasteiger partial charge in [0.2, 0.25) is 0 Å². The van der Waals surface area contributed by atoms with Gasteiger partial charge in [-0.1, -0.05) is 18.2 Å². The molecule has 0 amide bonds. The molecule has 2 nitrogen and oxygen atoms in total. The van der Waals surface area contributed by atoms with Crippen LogP contribution >= 0.6 is 0 Å². The molecule has 0 aromatic heterocycles. The van der Waals surface area contributed by atoms with E-state index in [0.717, 1.165) is 6.07 Å². The van der Waals surface area contributed by atoms with Gasteiger partial charge in [0.05, 0.1) is 12.2 Å². The van der Waals surface area contributed by atoms with Crippen LogP contribution in [0, 0.1) is 0 Å². The largest absolute Gasteiger partial charge is 0.416 e. The zero-order valence-corrected chi connectivity index (χ0v) is 8.71. The predicted molar refractivity (Wildman–Crippen MR) is 52.7 cm³/mol. The number of ether oxygens (including phenoxy) is 1. The van der Waals surface area contributed by atoms with Gasteiger partial charge >= 0.3 is 6.18 Å². The standard InChI is InChI=1S/C11H12F3NO/c1-7-6-16-10(15-7)8-4-2-3-5-9(8)11(12,13)14/h2-5,7,10,15H,6H2,1H3. The van der Waals surface area contributed by atoms with Crippen LogP contribution in [0.1, 0.15) is 24.3 Å². The molecule has 88 valence electrons. The van der Waals surface area contributed by atoms with Crippen LogP contribution in [-0.2, 0) is 10.9 Å². The van der Waals surface area contributed by atoms with E-state index in [2.05, 4.69) is 5.32 Å². The summed E-state index contributed by atoms with van der Waals surface area (Å²) < 4.78 is 43.4. The molecule has 0 saturated carbocycles. The summed E-state index contributed by atoms with van der Waals surface area (Å²) in [7, 11) is 0. The average molecular weight is 231 g/mol. The number of halogens is 3. The van der Waals surface area contributed by atoms with Gasteiger partial charge in [0.1, 0.15) is 6.23 Å². The van der Waals surface area contributed by atoms with Crippen LogP contribution in [0.4, 0.5) is 13.2 Å². The summed E-state index contributed by atoms with van der Waals surface area (Å²) in [5.41, 5.74) is -0.485. The first-order valence-electron chi connectivity index (χ1n) is 5.02. The molecule has 0 aliphatic carbocycles. The SMILES string of the molecule is CC1COC(c2ccccc2C(F)(F)F)N1. The maximum Gasteiger partial charge on any atom is 0.416 e. The van der Waals surface area contributed by atoms with Crippen LogP contribution in [0.5, 0.6) is 0 Å². The molecule has 1 fully saturated rings. The molecular formula is C11H12F3NO. The minimum atomic E-state index is -4.34. The fourth-order valence-electron chi connectivity index (χ4n) is 1.76. The minimum Gasteiger partial charge on any atom is -0.357 e. The molecule has 2 unspecified atom stereocenters. The Morgan fingerprint density at radius 1 is 1.31 bits per heavy atom. The number of alkyl halides is 3. The summed E-state index contributed by atoms with van der Waals surface area (Å²) in [6, 6.07) is 5.55. The molecule has 1 aliphatic heterocycles. The second-order valence-electron chi connectivity index (χ2n) is 3.87. The molecular weight excluding hydrogens is 219 g/mol. The quantitative estimate of drug-likeness (QED) is 0.802. The number of rotatable bonds is 1. The van der Waals surface area contributed by atoms with Gasteiger partial charge in [-0.05, 0) is 13.0 Å². The van der Waals surface area contributed by atoms with E-state index >= 15 is 0 Å². The summed E-state index contributed by atoms with van der Waals surface area (Å²) in [5.74, 6) is 0. The molecule has 0 radical (unpaired) electrons. The Hall–Kier alpha value is -1.07.